The van der Waals surface area contributed by atoms with Crippen molar-refractivity contribution in [3.8, 4) is 0 Å². The van der Waals surface area contributed by atoms with Crippen molar-refractivity contribution in [2.24, 2.45) is 11.8 Å². The van der Waals surface area contributed by atoms with Crippen molar-refractivity contribution < 1.29 is 0 Å². The van der Waals surface area contributed by atoms with Gasteiger partial charge < -0.3 is 5.32 Å². The molecule has 94 valence electrons. The van der Waals surface area contributed by atoms with Crippen molar-refractivity contribution in [2.45, 2.75) is 69.7 Å². The zero-order valence-corrected chi connectivity index (χ0v) is 11.9. The molecular formula is C14H27NS. The van der Waals surface area contributed by atoms with Gasteiger partial charge in [-0.05, 0) is 50.2 Å². The van der Waals surface area contributed by atoms with Crippen LogP contribution >= 0.6 is 11.8 Å². The van der Waals surface area contributed by atoms with Crippen LogP contribution in [0.25, 0.3) is 0 Å². The largest absolute Gasteiger partial charge is 0.311 e. The number of thioether (sulfide) groups is 1. The van der Waals surface area contributed by atoms with Gasteiger partial charge in [0.2, 0.25) is 0 Å². The molecule has 2 heteroatoms. The molecule has 2 saturated carbocycles. The number of hydrogen-bond donors (Lipinski definition) is 1. The van der Waals surface area contributed by atoms with E-state index in [0.717, 1.165) is 29.2 Å². The molecule has 0 spiro atoms. The SMILES string of the molecule is CSC1CCC(NC2CC(C)CCC2C)C1. The minimum absolute atomic E-state index is 0.800. The van der Waals surface area contributed by atoms with Crippen molar-refractivity contribution in [1.82, 2.24) is 5.32 Å². The predicted octanol–water partition coefficient (Wildman–Crippen LogP) is 3.68. The van der Waals surface area contributed by atoms with Gasteiger partial charge in [0.15, 0.2) is 0 Å². The highest BCUT2D eigenvalue weighted by Gasteiger charge is 2.30. The van der Waals surface area contributed by atoms with Crippen molar-refractivity contribution in [1.29, 1.82) is 0 Å². The van der Waals surface area contributed by atoms with Gasteiger partial charge in [0, 0.05) is 17.3 Å². The summed E-state index contributed by atoms with van der Waals surface area (Å²) in [5.41, 5.74) is 0. The summed E-state index contributed by atoms with van der Waals surface area (Å²) in [7, 11) is 0. The van der Waals surface area contributed by atoms with Gasteiger partial charge in [0.1, 0.15) is 0 Å². The highest BCUT2D eigenvalue weighted by molar-refractivity contribution is 7.99. The molecule has 2 aliphatic rings. The Kier molecular flexibility index (Phi) is 4.60. The fourth-order valence-electron chi connectivity index (χ4n) is 3.37. The fourth-order valence-corrected chi connectivity index (χ4v) is 4.17. The van der Waals surface area contributed by atoms with Crippen LogP contribution in [0.1, 0.15) is 52.4 Å². The van der Waals surface area contributed by atoms with Crippen molar-refractivity contribution in [3.05, 3.63) is 0 Å². The minimum atomic E-state index is 0.800. The molecule has 16 heavy (non-hydrogen) atoms. The van der Waals surface area contributed by atoms with E-state index in [2.05, 4.69) is 37.2 Å². The molecule has 1 nitrogen and oxygen atoms in total. The van der Waals surface area contributed by atoms with Crippen molar-refractivity contribution >= 4 is 11.8 Å². The third-order valence-corrected chi connectivity index (χ3v) is 5.72. The summed E-state index contributed by atoms with van der Waals surface area (Å²) in [6.07, 6.45) is 10.8. The topological polar surface area (TPSA) is 12.0 Å². The second kappa shape index (κ2) is 5.77. The average molecular weight is 241 g/mol. The van der Waals surface area contributed by atoms with Crippen LogP contribution in [0.15, 0.2) is 0 Å². The summed E-state index contributed by atoms with van der Waals surface area (Å²) in [5, 5.41) is 4.87. The molecule has 2 fully saturated rings. The van der Waals surface area contributed by atoms with E-state index in [0.29, 0.717) is 0 Å². The first-order chi connectivity index (χ1) is 7.69. The maximum atomic E-state index is 3.95. The standard InChI is InChI=1S/C14H27NS/c1-10-4-5-11(2)14(8-10)15-12-6-7-13(9-12)16-3/h10-15H,4-9H2,1-3H3. The predicted molar refractivity (Wildman–Crippen MR) is 74.0 cm³/mol. The molecular weight excluding hydrogens is 214 g/mol. The van der Waals surface area contributed by atoms with Crippen LogP contribution < -0.4 is 5.32 Å². The first-order valence-electron chi connectivity index (χ1n) is 6.98. The summed E-state index contributed by atoms with van der Waals surface area (Å²) in [5.74, 6) is 1.83. The summed E-state index contributed by atoms with van der Waals surface area (Å²) in [6.45, 7) is 4.85. The maximum absolute atomic E-state index is 3.95. The van der Waals surface area contributed by atoms with E-state index in [9.17, 15) is 0 Å². The summed E-state index contributed by atoms with van der Waals surface area (Å²) in [6, 6.07) is 1.62. The summed E-state index contributed by atoms with van der Waals surface area (Å²) in [4.78, 5) is 0. The molecule has 0 aromatic carbocycles. The lowest BCUT2D eigenvalue weighted by Gasteiger charge is -2.35. The second-order valence-electron chi connectivity index (χ2n) is 6.04. The third kappa shape index (κ3) is 3.16. The van der Waals surface area contributed by atoms with Gasteiger partial charge in [-0.2, -0.15) is 11.8 Å². The molecule has 5 unspecified atom stereocenters. The number of rotatable bonds is 3. The monoisotopic (exact) mass is 241 g/mol. The first kappa shape index (κ1) is 12.8. The Bertz CT molecular complexity index is 219. The van der Waals surface area contributed by atoms with E-state index >= 15 is 0 Å². The Hall–Kier alpha value is 0.310. The Balaban J connectivity index is 1.80. The lowest BCUT2D eigenvalue weighted by Crippen LogP contribution is -2.44. The van der Waals surface area contributed by atoms with Gasteiger partial charge in [-0.25, -0.2) is 0 Å². The van der Waals surface area contributed by atoms with Crippen LogP contribution in [0, 0.1) is 11.8 Å². The van der Waals surface area contributed by atoms with Crippen LogP contribution in [0.4, 0.5) is 0 Å². The summed E-state index contributed by atoms with van der Waals surface area (Å²) >= 11 is 2.06. The van der Waals surface area contributed by atoms with Gasteiger partial charge in [-0.15, -0.1) is 0 Å². The first-order valence-corrected chi connectivity index (χ1v) is 8.26. The van der Waals surface area contributed by atoms with Gasteiger partial charge >= 0.3 is 0 Å². The lowest BCUT2D eigenvalue weighted by atomic mass is 9.80. The zero-order chi connectivity index (χ0) is 11.5. The molecule has 5 atom stereocenters. The van der Waals surface area contributed by atoms with Gasteiger partial charge in [-0.1, -0.05) is 20.3 Å². The zero-order valence-electron chi connectivity index (χ0n) is 11.0. The van der Waals surface area contributed by atoms with E-state index in [4.69, 9.17) is 0 Å². The Morgan fingerprint density at radius 3 is 2.50 bits per heavy atom. The molecule has 2 rings (SSSR count). The molecule has 0 saturated heterocycles. The van der Waals surface area contributed by atoms with Crippen molar-refractivity contribution in [3.63, 3.8) is 0 Å². The second-order valence-corrected chi connectivity index (χ2v) is 7.17. The van der Waals surface area contributed by atoms with Crippen LogP contribution in [0.3, 0.4) is 0 Å². The molecule has 0 bridgehead atoms. The van der Waals surface area contributed by atoms with E-state index in [1.54, 1.807) is 0 Å². The molecule has 0 aromatic heterocycles. The van der Waals surface area contributed by atoms with Crippen molar-refractivity contribution in [2.75, 3.05) is 6.26 Å². The van der Waals surface area contributed by atoms with Gasteiger partial charge in [0.25, 0.3) is 0 Å². The fraction of sp³-hybridized carbons (Fsp3) is 1.00. The summed E-state index contributed by atoms with van der Waals surface area (Å²) < 4.78 is 0. The van der Waals surface area contributed by atoms with Gasteiger partial charge in [0.05, 0.1) is 0 Å². The Morgan fingerprint density at radius 1 is 1.00 bits per heavy atom. The normalized spacial score (nSPS) is 44.8. The van der Waals surface area contributed by atoms with Crippen LogP contribution in [-0.2, 0) is 0 Å². The van der Waals surface area contributed by atoms with E-state index in [1.807, 2.05) is 0 Å². The third-order valence-electron chi connectivity index (χ3n) is 4.63. The quantitative estimate of drug-likeness (QED) is 0.809. The van der Waals surface area contributed by atoms with Crippen LogP contribution in [0.2, 0.25) is 0 Å². The molecule has 0 aromatic rings. The molecule has 0 radical (unpaired) electrons. The number of nitrogens with one attached hydrogen (secondary N) is 1. The van der Waals surface area contributed by atoms with E-state index < -0.39 is 0 Å². The lowest BCUT2D eigenvalue weighted by molar-refractivity contribution is 0.213. The molecule has 0 amide bonds. The Morgan fingerprint density at radius 2 is 1.81 bits per heavy atom. The highest BCUT2D eigenvalue weighted by Crippen LogP contribution is 2.32. The van der Waals surface area contributed by atoms with Crippen LogP contribution in [0.5, 0.6) is 0 Å². The maximum Gasteiger partial charge on any atom is 0.00978 e. The Labute approximate surface area is 105 Å². The molecule has 0 heterocycles. The van der Waals surface area contributed by atoms with E-state index in [-0.39, 0.29) is 0 Å². The molecule has 1 N–H and O–H groups in total. The highest BCUT2D eigenvalue weighted by atomic mass is 32.2. The van der Waals surface area contributed by atoms with Gasteiger partial charge in [-0.3, -0.25) is 0 Å². The average Bonchev–Trinajstić information content (AvgIpc) is 2.71. The van der Waals surface area contributed by atoms with E-state index in [1.165, 1.54) is 38.5 Å². The van der Waals surface area contributed by atoms with Crippen LogP contribution in [-0.4, -0.2) is 23.6 Å². The minimum Gasteiger partial charge on any atom is -0.311 e. The smallest absolute Gasteiger partial charge is 0.00978 e. The molecule has 0 aliphatic heterocycles. The molecule has 2 aliphatic carbocycles. The number of hydrogen-bond acceptors (Lipinski definition) is 2.